The number of nitrogens with two attached hydrogens (primary N) is 1. The van der Waals surface area contributed by atoms with E-state index < -0.39 is 11.9 Å². The minimum Gasteiger partial charge on any atom is -0.478 e. The quantitative estimate of drug-likeness (QED) is 0.524. The third-order valence-electron chi connectivity index (χ3n) is 1.86. The summed E-state index contributed by atoms with van der Waals surface area (Å²) in [5.74, 6) is -1.62. The highest BCUT2D eigenvalue weighted by atomic mass is 16.4. The summed E-state index contributed by atoms with van der Waals surface area (Å²) in [5, 5.41) is 19.7. The first-order valence-electron chi connectivity index (χ1n) is 4.57. The summed E-state index contributed by atoms with van der Waals surface area (Å²) < 4.78 is 0. The summed E-state index contributed by atoms with van der Waals surface area (Å²) in [6.45, 7) is -0.0735. The number of aromatic carboxylic acids is 1. The van der Waals surface area contributed by atoms with E-state index in [1.165, 1.54) is 18.2 Å². The fraction of sp³-hybridized carbons (Fsp3) is 0.200. The number of aliphatic hydroxyl groups is 1. The van der Waals surface area contributed by atoms with E-state index in [0.717, 1.165) is 0 Å². The maximum Gasteiger partial charge on any atom is 0.335 e. The standard InChI is InChI=1S/C10H12N2O4/c11-8-4-6(9(14)12-1-2-13)3-7(5-8)10(15)16/h3-5,13H,1-2,11H2,(H,12,14)(H,15,16). The fourth-order valence-corrected chi connectivity index (χ4v) is 1.18. The molecule has 5 N–H and O–H groups in total. The number of carbonyl (C=O) groups excluding carboxylic acids is 1. The highest BCUT2D eigenvalue weighted by Crippen LogP contribution is 2.12. The van der Waals surface area contributed by atoms with Crippen LogP contribution in [-0.4, -0.2) is 35.2 Å². The number of hydrogen-bond acceptors (Lipinski definition) is 4. The molecule has 1 aromatic carbocycles. The van der Waals surface area contributed by atoms with Crippen molar-refractivity contribution in [2.24, 2.45) is 0 Å². The van der Waals surface area contributed by atoms with Crippen molar-refractivity contribution < 1.29 is 19.8 Å². The van der Waals surface area contributed by atoms with Crippen molar-refractivity contribution in [1.82, 2.24) is 5.32 Å². The van der Waals surface area contributed by atoms with Crippen molar-refractivity contribution in [2.75, 3.05) is 18.9 Å². The Kier molecular flexibility index (Phi) is 3.84. The van der Waals surface area contributed by atoms with Crippen molar-refractivity contribution >= 4 is 17.6 Å². The number of nitrogen functional groups attached to an aromatic ring is 1. The van der Waals surface area contributed by atoms with E-state index >= 15 is 0 Å². The second-order valence-corrected chi connectivity index (χ2v) is 3.13. The molecular formula is C10H12N2O4. The van der Waals surface area contributed by atoms with Crippen LogP contribution in [0.5, 0.6) is 0 Å². The zero-order valence-electron chi connectivity index (χ0n) is 8.43. The average Bonchev–Trinajstić information content (AvgIpc) is 2.24. The second-order valence-electron chi connectivity index (χ2n) is 3.13. The van der Waals surface area contributed by atoms with E-state index in [1.54, 1.807) is 0 Å². The van der Waals surface area contributed by atoms with Gasteiger partial charge in [-0.25, -0.2) is 4.79 Å². The molecule has 6 heteroatoms. The Balaban J connectivity index is 2.95. The number of carboxylic acid groups (broad SMARTS) is 1. The minimum atomic E-state index is -1.15. The predicted molar refractivity (Wildman–Crippen MR) is 57.2 cm³/mol. The Hall–Kier alpha value is -2.08. The molecule has 0 unspecified atom stereocenters. The van der Waals surface area contributed by atoms with Crippen LogP contribution in [0.2, 0.25) is 0 Å². The Bertz CT molecular complexity index is 417. The summed E-state index contributed by atoms with van der Waals surface area (Å²) >= 11 is 0. The number of carboxylic acids is 1. The number of benzene rings is 1. The predicted octanol–water partition coefficient (Wildman–Crippen LogP) is -0.311. The molecule has 0 fully saturated rings. The molecule has 6 nitrogen and oxygen atoms in total. The second kappa shape index (κ2) is 5.13. The molecule has 0 aliphatic rings. The fourth-order valence-electron chi connectivity index (χ4n) is 1.18. The van der Waals surface area contributed by atoms with Crippen LogP contribution in [-0.2, 0) is 0 Å². The Morgan fingerprint density at radius 2 is 1.88 bits per heavy atom. The van der Waals surface area contributed by atoms with Crippen LogP contribution in [0.3, 0.4) is 0 Å². The lowest BCUT2D eigenvalue weighted by molar-refractivity contribution is 0.0697. The molecule has 1 amide bonds. The molecule has 0 aliphatic heterocycles. The molecule has 0 spiro atoms. The third-order valence-corrected chi connectivity index (χ3v) is 1.86. The smallest absolute Gasteiger partial charge is 0.335 e. The molecule has 0 heterocycles. The molecule has 0 saturated heterocycles. The molecule has 86 valence electrons. The van der Waals surface area contributed by atoms with Crippen LogP contribution in [0.15, 0.2) is 18.2 Å². The van der Waals surface area contributed by atoms with Crippen LogP contribution in [0, 0.1) is 0 Å². The van der Waals surface area contributed by atoms with Gasteiger partial charge in [-0.2, -0.15) is 0 Å². The Morgan fingerprint density at radius 1 is 1.25 bits per heavy atom. The van der Waals surface area contributed by atoms with E-state index in [2.05, 4.69) is 5.32 Å². The molecule has 0 radical (unpaired) electrons. The SMILES string of the molecule is Nc1cc(C(=O)O)cc(C(=O)NCCO)c1. The maximum atomic E-state index is 11.5. The van der Waals surface area contributed by atoms with Crippen molar-refractivity contribution in [1.29, 1.82) is 0 Å². The van der Waals surface area contributed by atoms with Crippen LogP contribution in [0.1, 0.15) is 20.7 Å². The van der Waals surface area contributed by atoms with E-state index in [4.69, 9.17) is 15.9 Å². The topological polar surface area (TPSA) is 113 Å². The van der Waals surface area contributed by atoms with E-state index in [0.29, 0.717) is 0 Å². The first-order chi connectivity index (χ1) is 7.54. The highest BCUT2D eigenvalue weighted by molar-refractivity contribution is 5.98. The first-order valence-corrected chi connectivity index (χ1v) is 4.57. The van der Waals surface area contributed by atoms with Gasteiger partial charge in [-0.05, 0) is 18.2 Å². The van der Waals surface area contributed by atoms with Gasteiger partial charge in [-0.3, -0.25) is 4.79 Å². The lowest BCUT2D eigenvalue weighted by Gasteiger charge is -2.05. The van der Waals surface area contributed by atoms with Gasteiger partial charge in [0.25, 0.3) is 5.91 Å². The monoisotopic (exact) mass is 224 g/mol. The summed E-state index contributed by atoms with van der Waals surface area (Å²) in [4.78, 5) is 22.2. The molecular weight excluding hydrogens is 212 g/mol. The minimum absolute atomic E-state index is 0.0471. The normalized spacial score (nSPS) is 9.81. The van der Waals surface area contributed by atoms with E-state index in [1.807, 2.05) is 0 Å². The number of amides is 1. The number of hydrogen-bond donors (Lipinski definition) is 4. The van der Waals surface area contributed by atoms with Crippen LogP contribution in [0.25, 0.3) is 0 Å². The zero-order chi connectivity index (χ0) is 12.1. The zero-order valence-corrected chi connectivity index (χ0v) is 8.43. The Morgan fingerprint density at radius 3 is 2.44 bits per heavy atom. The molecule has 0 aromatic heterocycles. The van der Waals surface area contributed by atoms with Gasteiger partial charge < -0.3 is 21.3 Å². The van der Waals surface area contributed by atoms with Crippen molar-refractivity contribution in [3.63, 3.8) is 0 Å². The number of carbonyl (C=O) groups is 2. The average molecular weight is 224 g/mol. The number of rotatable bonds is 4. The van der Waals surface area contributed by atoms with Gasteiger partial charge in [0, 0.05) is 17.8 Å². The molecule has 1 aromatic rings. The van der Waals surface area contributed by atoms with Gasteiger partial charge in [0.05, 0.1) is 12.2 Å². The van der Waals surface area contributed by atoms with Gasteiger partial charge in [-0.1, -0.05) is 0 Å². The molecule has 1 rings (SSSR count). The Labute approximate surface area is 91.7 Å². The first kappa shape index (κ1) is 12.0. The molecule has 16 heavy (non-hydrogen) atoms. The van der Waals surface area contributed by atoms with Gasteiger partial charge >= 0.3 is 5.97 Å². The summed E-state index contributed by atoms with van der Waals surface area (Å²) in [7, 11) is 0. The van der Waals surface area contributed by atoms with Gasteiger partial charge in [0.15, 0.2) is 0 Å². The number of nitrogens with one attached hydrogen (secondary N) is 1. The largest absolute Gasteiger partial charge is 0.478 e. The summed E-state index contributed by atoms with van der Waals surface area (Å²) in [6.07, 6.45) is 0. The molecule has 0 bridgehead atoms. The third kappa shape index (κ3) is 2.96. The van der Waals surface area contributed by atoms with Gasteiger partial charge in [-0.15, -0.1) is 0 Å². The van der Waals surface area contributed by atoms with Gasteiger partial charge in [0.1, 0.15) is 0 Å². The molecule has 0 atom stereocenters. The lowest BCUT2D eigenvalue weighted by atomic mass is 10.1. The molecule has 0 saturated carbocycles. The number of anilines is 1. The molecule has 0 aliphatic carbocycles. The van der Waals surface area contributed by atoms with Crippen molar-refractivity contribution in [3.05, 3.63) is 29.3 Å². The summed E-state index contributed by atoms with van der Waals surface area (Å²) in [6, 6.07) is 3.87. The van der Waals surface area contributed by atoms with Crippen molar-refractivity contribution in [2.45, 2.75) is 0 Å². The lowest BCUT2D eigenvalue weighted by Crippen LogP contribution is -2.26. The van der Waals surface area contributed by atoms with Crippen LogP contribution >= 0.6 is 0 Å². The van der Waals surface area contributed by atoms with Crippen LogP contribution < -0.4 is 11.1 Å². The van der Waals surface area contributed by atoms with Gasteiger partial charge in [0.2, 0.25) is 0 Å². The number of aliphatic hydroxyl groups excluding tert-OH is 1. The van der Waals surface area contributed by atoms with E-state index in [9.17, 15) is 9.59 Å². The van der Waals surface area contributed by atoms with E-state index in [-0.39, 0.29) is 30.0 Å². The summed E-state index contributed by atoms with van der Waals surface area (Å²) in [5.41, 5.74) is 5.78. The van der Waals surface area contributed by atoms with Crippen LogP contribution in [0.4, 0.5) is 5.69 Å². The van der Waals surface area contributed by atoms with Crippen molar-refractivity contribution in [3.8, 4) is 0 Å². The maximum absolute atomic E-state index is 11.5. The highest BCUT2D eigenvalue weighted by Gasteiger charge is 2.10.